The van der Waals surface area contributed by atoms with E-state index in [9.17, 15) is 0 Å². The molecule has 2 nitrogen and oxygen atoms in total. The fraction of sp³-hybridized carbons (Fsp3) is 0.214. The molecule has 0 aliphatic rings. The molecule has 1 aromatic heterocycles. The maximum Gasteiger partial charge on any atom is 0.132 e. The third-order valence-electron chi connectivity index (χ3n) is 1.76. The van der Waals surface area contributed by atoms with E-state index in [1.165, 1.54) is 0 Å². The fourth-order valence-electron chi connectivity index (χ4n) is 1.11. The van der Waals surface area contributed by atoms with Crippen molar-refractivity contribution in [3.63, 3.8) is 0 Å². The second-order valence-corrected chi connectivity index (χ2v) is 2.88. The molecule has 0 spiro atoms. The second-order valence-electron chi connectivity index (χ2n) is 2.88. The van der Waals surface area contributed by atoms with E-state index >= 15 is 0 Å². The Balaban J connectivity index is 0.00000106. The summed E-state index contributed by atoms with van der Waals surface area (Å²) in [4.78, 5) is 4.25. The van der Waals surface area contributed by atoms with Gasteiger partial charge in [-0.1, -0.05) is 45.2 Å². The summed E-state index contributed by atoms with van der Waals surface area (Å²) in [7, 11) is 0. The highest BCUT2D eigenvalue weighted by Crippen LogP contribution is 2.13. The van der Waals surface area contributed by atoms with Crippen LogP contribution in [0.1, 0.15) is 25.0 Å². The smallest absolute Gasteiger partial charge is 0.132 e. The van der Waals surface area contributed by atoms with Gasteiger partial charge in [0.15, 0.2) is 0 Å². The number of anilines is 1. The van der Waals surface area contributed by atoms with E-state index in [1.54, 1.807) is 18.5 Å². The quantitative estimate of drug-likeness (QED) is 0.764. The lowest BCUT2D eigenvalue weighted by Crippen LogP contribution is -1.94. The van der Waals surface area contributed by atoms with E-state index in [4.69, 9.17) is 0 Å². The number of pyridine rings is 1. The number of rotatable bonds is 4. The van der Waals surface area contributed by atoms with Gasteiger partial charge in [0.25, 0.3) is 0 Å². The van der Waals surface area contributed by atoms with Gasteiger partial charge in [-0.25, -0.2) is 4.98 Å². The number of nitrogens with one attached hydrogen (secondary N) is 1. The Bertz CT molecular complexity index is 365. The van der Waals surface area contributed by atoms with E-state index in [0.29, 0.717) is 0 Å². The van der Waals surface area contributed by atoms with Gasteiger partial charge in [0.2, 0.25) is 0 Å². The number of aryl methyl sites for hydroxylation is 1. The first kappa shape index (κ1) is 14.2. The molecule has 16 heavy (non-hydrogen) atoms. The number of hydrogen-bond acceptors (Lipinski definition) is 2. The number of nitrogens with zero attached hydrogens (tertiary/aromatic N) is 1. The average molecular weight is 216 g/mol. The zero-order chi connectivity index (χ0) is 12.4. The van der Waals surface area contributed by atoms with Gasteiger partial charge in [-0.2, -0.15) is 0 Å². The highest BCUT2D eigenvalue weighted by atomic mass is 15.0. The SMILES string of the molecule is C=C/C=C/c1cnc(NC=C)c(C)c1.CC. The summed E-state index contributed by atoms with van der Waals surface area (Å²) in [5, 5.41) is 2.97. The Kier molecular flexibility index (Phi) is 7.51. The minimum atomic E-state index is 0.843. The summed E-state index contributed by atoms with van der Waals surface area (Å²) < 4.78 is 0. The predicted molar refractivity (Wildman–Crippen MR) is 73.4 cm³/mol. The number of allylic oxidation sites excluding steroid dienone is 2. The molecule has 1 N–H and O–H groups in total. The molecule has 0 saturated carbocycles. The van der Waals surface area contributed by atoms with Crippen LogP contribution in [0, 0.1) is 6.92 Å². The number of hydrogen-bond donors (Lipinski definition) is 1. The third-order valence-corrected chi connectivity index (χ3v) is 1.76. The first-order valence-corrected chi connectivity index (χ1v) is 5.41. The summed E-state index contributed by atoms with van der Waals surface area (Å²) in [5.74, 6) is 0.843. The molecule has 0 unspecified atom stereocenters. The van der Waals surface area contributed by atoms with Crippen LogP contribution in [-0.2, 0) is 0 Å². The second kappa shape index (κ2) is 8.48. The zero-order valence-electron chi connectivity index (χ0n) is 10.3. The summed E-state index contributed by atoms with van der Waals surface area (Å²) >= 11 is 0. The van der Waals surface area contributed by atoms with Gasteiger partial charge in [-0.05, 0) is 30.3 Å². The molecule has 0 bridgehead atoms. The molecule has 1 aromatic rings. The Labute approximate surface area is 98.4 Å². The summed E-state index contributed by atoms with van der Waals surface area (Å²) in [6, 6.07) is 2.05. The van der Waals surface area contributed by atoms with Gasteiger partial charge in [0.1, 0.15) is 5.82 Å². The van der Waals surface area contributed by atoms with Gasteiger partial charge >= 0.3 is 0 Å². The molecule has 0 radical (unpaired) electrons. The molecular formula is C14H20N2. The van der Waals surface area contributed by atoms with Crippen LogP contribution in [0.2, 0.25) is 0 Å². The molecule has 2 heteroatoms. The van der Waals surface area contributed by atoms with Crippen LogP contribution >= 0.6 is 0 Å². The average Bonchev–Trinajstić information content (AvgIpc) is 2.32. The van der Waals surface area contributed by atoms with Gasteiger partial charge < -0.3 is 5.32 Å². The van der Waals surface area contributed by atoms with Crippen molar-refractivity contribution in [1.82, 2.24) is 4.98 Å². The number of aromatic nitrogens is 1. The van der Waals surface area contributed by atoms with Crippen LogP contribution in [0.4, 0.5) is 5.82 Å². The topological polar surface area (TPSA) is 24.9 Å². The molecule has 0 atom stereocenters. The summed E-state index contributed by atoms with van der Waals surface area (Å²) in [5.41, 5.74) is 2.16. The third kappa shape index (κ3) is 4.60. The first-order chi connectivity index (χ1) is 7.77. The Hall–Kier alpha value is -1.83. The lowest BCUT2D eigenvalue weighted by atomic mass is 10.2. The molecule has 86 valence electrons. The zero-order valence-corrected chi connectivity index (χ0v) is 10.3. The van der Waals surface area contributed by atoms with Crippen molar-refractivity contribution < 1.29 is 0 Å². The van der Waals surface area contributed by atoms with Crippen LogP contribution in [0.25, 0.3) is 6.08 Å². The molecule has 0 aliphatic heterocycles. The lowest BCUT2D eigenvalue weighted by Gasteiger charge is -2.04. The minimum absolute atomic E-state index is 0.843. The molecule has 0 fully saturated rings. The van der Waals surface area contributed by atoms with Crippen LogP contribution in [0.5, 0.6) is 0 Å². The highest BCUT2D eigenvalue weighted by Gasteiger charge is 1.97. The van der Waals surface area contributed by atoms with Crippen molar-refractivity contribution in [2.75, 3.05) is 5.32 Å². The van der Waals surface area contributed by atoms with Crippen molar-refractivity contribution in [3.05, 3.63) is 54.9 Å². The predicted octanol–water partition coefficient (Wildman–Crippen LogP) is 4.17. The maximum atomic E-state index is 4.25. The van der Waals surface area contributed by atoms with Crippen LogP contribution < -0.4 is 5.32 Å². The Morgan fingerprint density at radius 2 is 2.00 bits per heavy atom. The van der Waals surface area contributed by atoms with Gasteiger partial charge in [-0.3, -0.25) is 0 Å². The molecular weight excluding hydrogens is 196 g/mol. The van der Waals surface area contributed by atoms with E-state index in [2.05, 4.69) is 29.5 Å². The molecule has 1 rings (SSSR count). The first-order valence-electron chi connectivity index (χ1n) is 5.41. The summed E-state index contributed by atoms with van der Waals surface area (Å²) in [6.07, 6.45) is 9.01. The van der Waals surface area contributed by atoms with E-state index < -0.39 is 0 Å². The van der Waals surface area contributed by atoms with Crippen LogP contribution in [0.15, 0.2) is 43.8 Å². The molecule has 0 aromatic carbocycles. The van der Waals surface area contributed by atoms with Gasteiger partial charge in [-0.15, -0.1) is 0 Å². The van der Waals surface area contributed by atoms with Crippen LogP contribution in [0.3, 0.4) is 0 Å². The molecule has 0 amide bonds. The van der Waals surface area contributed by atoms with Gasteiger partial charge in [0.05, 0.1) is 0 Å². The van der Waals surface area contributed by atoms with Crippen molar-refractivity contribution in [3.8, 4) is 0 Å². The Morgan fingerprint density at radius 3 is 2.50 bits per heavy atom. The summed E-state index contributed by atoms with van der Waals surface area (Å²) in [6.45, 7) is 13.2. The molecule has 0 saturated heterocycles. The van der Waals surface area contributed by atoms with E-state index in [0.717, 1.165) is 16.9 Å². The fourth-order valence-corrected chi connectivity index (χ4v) is 1.11. The van der Waals surface area contributed by atoms with Crippen molar-refractivity contribution in [2.45, 2.75) is 20.8 Å². The van der Waals surface area contributed by atoms with E-state index in [-0.39, 0.29) is 0 Å². The Morgan fingerprint density at radius 1 is 1.31 bits per heavy atom. The molecule has 1 heterocycles. The molecule has 0 aliphatic carbocycles. The highest BCUT2D eigenvalue weighted by molar-refractivity contribution is 5.55. The van der Waals surface area contributed by atoms with Gasteiger partial charge in [0, 0.05) is 6.20 Å². The monoisotopic (exact) mass is 216 g/mol. The van der Waals surface area contributed by atoms with Crippen LogP contribution in [-0.4, -0.2) is 4.98 Å². The van der Waals surface area contributed by atoms with E-state index in [1.807, 2.05) is 32.9 Å². The van der Waals surface area contributed by atoms with Crippen molar-refractivity contribution >= 4 is 11.9 Å². The normalized spacial score (nSPS) is 9.19. The van der Waals surface area contributed by atoms with Crippen molar-refractivity contribution in [1.29, 1.82) is 0 Å². The largest absolute Gasteiger partial charge is 0.347 e. The minimum Gasteiger partial charge on any atom is -0.347 e. The maximum absolute atomic E-state index is 4.25. The van der Waals surface area contributed by atoms with Crippen molar-refractivity contribution in [2.24, 2.45) is 0 Å². The standard InChI is InChI=1S/C12H14N2.C2H6/c1-4-6-7-11-8-10(3)12(13-5-2)14-9-11;1-2/h4-9H,1-2H2,3H3,(H,13,14);1-2H3/b7-6+;. The lowest BCUT2D eigenvalue weighted by molar-refractivity contribution is 1.25.